The Morgan fingerprint density at radius 3 is 2.81 bits per heavy atom. The van der Waals surface area contributed by atoms with E-state index < -0.39 is 12.1 Å². The molecule has 2 aliphatic carbocycles. The molecule has 2 aliphatic rings. The van der Waals surface area contributed by atoms with Gasteiger partial charge in [-0.25, -0.2) is 14.4 Å². The fourth-order valence-corrected chi connectivity index (χ4v) is 3.40. The second-order valence-electron chi connectivity index (χ2n) is 7.27. The molecular weight excluding hydrogens is 345 g/mol. The van der Waals surface area contributed by atoms with Gasteiger partial charge in [0.05, 0.1) is 11.6 Å². The molecule has 0 saturated heterocycles. The van der Waals surface area contributed by atoms with Crippen LogP contribution < -0.4 is 11.1 Å². The predicted octanol–water partition coefficient (Wildman–Crippen LogP) is 3.45. The van der Waals surface area contributed by atoms with Crippen molar-refractivity contribution in [2.45, 2.75) is 31.4 Å². The third kappa shape index (κ3) is 2.99. The molecule has 3 heterocycles. The molecule has 0 spiro atoms. The predicted molar refractivity (Wildman–Crippen MR) is 101 cm³/mol. The maximum Gasteiger partial charge on any atom is 0.231 e. The van der Waals surface area contributed by atoms with Gasteiger partial charge in [-0.15, -0.1) is 0 Å². The largest absolute Gasteiger partial charge is 0.383 e. The number of carbonyl (C=O) groups is 1. The standard InChI is InChI=1S/C20H18FN5O/c21-16-7-13(16)20(27)26-18-6-11-5-17(25-19(22)14(11)9-24-18)15-8-23-4-3-12(15)10-1-2-10/h3-6,8-10,13,16H,1-2,7H2,(H2,22,25)(H,24,26,27)/t13-,16+/m0/s1. The van der Waals surface area contributed by atoms with Crippen molar-refractivity contribution >= 4 is 28.3 Å². The van der Waals surface area contributed by atoms with Crippen LogP contribution in [0.4, 0.5) is 16.0 Å². The van der Waals surface area contributed by atoms with E-state index in [-0.39, 0.29) is 12.3 Å². The number of nitrogens with zero attached hydrogens (tertiary/aromatic N) is 3. The number of carbonyl (C=O) groups excluding carboxylic acids is 1. The first kappa shape index (κ1) is 16.1. The zero-order valence-corrected chi connectivity index (χ0v) is 14.5. The van der Waals surface area contributed by atoms with Crippen molar-refractivity contribution in [1.82, 2.24) is 15.0 Å². The first-order chi connectivity index (χ1) is 13.1. The zero-order valence-electron chi connectivity index (χ0n) is 14.5. The van der Waals surface area contributed by atoms with E-state index >= 15 is 0 Å². The van der Waals surface area contributed by atoms with Crippen LogP contribution in [-0.2, 0) is 4.79 Å². The summed E-state index contributed by atoms with van der Waals surface area (Å²) in [5.41, 5.74) is 9.13. The summed E-state index contributed by atoms with van der Waals surface area (Å²) >= 11 is 0. The number of nitrogens with one attached hydrogen (secondary N) is 1. The van der Waals surface area contributed by atoms with E-state index in [1.165, 1.54) is 18.4 Å². The summed E-state index contributed by atoms with van der Waals surface area (Å²) in [6.07, 6.45) is 6.80. The molecule has 1 amide bonds. The van der Waals surface area contributed by atoms with Crippen LogP contribution in [0, 0.1) is 5.92 Å². The molecule has 3 aromatic heterocycles. The van der Waals surface area contributed by atoms with Crippen molar-refractivity contribution in [1.29, 1.82) is 0 Å². The molecule has 0 aliphatic heterocycles. The van der Waals surface area contributed by atoms with E-state index in [9.17, 15) is 9.18 Å². The summed E-state index contributed by atoms with van der Waals surface area (Å²) in [7, 11) is 0. The lowest BCUT2D eigenvalue weighted by Gasteiger charge is -2.11. The molecule has 7 heteroatoms. The van der Waals surface area contributed by atoms with E-state index in [0.717, 1.165) is 16.6 Å². The van der Waals surface area contributed by atoms with Crippen LogP contribution in [0.15, 0.2) is 36.8 Å². The number of nitrogens with two attached hydrogens (primary N) is 1. The highest BCUT2D eigenvalue weighted by atomic mass is 19.1. The number of alkyl halides is 1. The number of hydrogen-bond acceptors (Lipinski definition) is 5. The molecule has 0 radical (unpaired) electrons. The normalized spacial score (nSPS) is 21.2. The highest BCUT2D eigenvalue weighted by Crippen LogP contribution is 2.44. The first-order valence-corrected chi connectivity index (χ1v) is 9.05. The SMILES string of the molecule is Nc1nc(-c2cnccc2C2CC2)cc2cc(NC(=O)[C@H]3C[C@H]3F)ncc12. The Hall–Kier alpha value is -3.09. The van der Waals surface area contributed by atoms with Crippen LogP contribution in [0.1, 0.15) is 30.7 Å². The van der Waals surface area contributed by atoms with E-state index in [2.05, 4.69) is 20.3 Å². The van der Waals surface area contributed by atoms with Crippen molar-refractivity contribution in [3.63, 3.8) is 0 Å². The Morgan fingerprint density at radius 1 is 1.26 bits per heavy atom. The molecule has 27 heavy (non-hydrogen) atoms. The summed E-state index contributed by atoms with van der Waals surface area (Å²) in [5, 5.41) is 4.21. The zero-order chi connectivity index (χ0) is 18.5. The number of pyridine rings is 3. The molecule has 6 nitrogen and oxygen atoms in total. The van der Waals surface area contributed by atoms with Crippen molar-refractivity contribution in [2.24, 2.45) is 5.92 Å². The highest BCUT2D eigenvalue weighted by Gasteiger charge is 2.43. The monoisotopic (exact) mass is 363 g/mol. The Labute approximate surface area is 155 Å². The molecule has 3 aromatic rings. The first-order valence-electron chi connectivity index (χ1n) is 9.05. The molecule has 0 bridgehead atoms. The van der Waals surface area contributed by atoms with E-state index in [1.807, 2.05) is 18.3 Å². The van der Waals surface area contributed by atoms with Gasteiger partial charge in [-0.3, -0.25) is 9.78 Å². The molecule has 2 atom stereocenters. The third-order valence-electron chi connectivity index (χ3n) is 5.19. The van der Waals surface area contributed by atoms with Gasteiger partial charge in [0.1, 0.15) is 17.8 Å². The number of rotatable bonds is 4. The minimum Gasteiger partial charge on any atom is -0.383 e. The maximum absolute atomic E-state index is 13.1. The maximum atomic E-state index is 13.1. The molecule has 2 fully saturated rings. The van der Waals surface area contributed by atoms with Gasteiger partial charge >= 0.3 is 0 Å². The average molecular weight is 363 g/mol. The molecular formula is C20H18FN5O. The summed E-state index contributed by atoms with van der Waals surface area (Å²) in [6, 6.07) is 5.72. The number of nitrogen functional groups attached to an aromatic ring is 1. The van der Waals surface area contributed by atoms with Gasteiger partial charge in [0.15, 0.2) is 0 Å². The number of aromatic nitrogens is 3. The average Bonchev–Trinajstić information content (AvgIpc) is 3.57. The van der Waals surface area contributed by atoms with Crippen molar-refractivity contribution in [3.05, 3.63) is 42.4 Å². The van der Waals surface area contributed by atoms with Crippen LogP contribution in [-0.4, -0.2) is 27.0 Å². The molecule has 2 saturated carbocycles. The number of fused-ring (bicyclic) bond motifs is 1. The summed E-state index contributed by atoms with van der Waals surface area (Å²) in [5.74, 6) is 0.430. The minimum absolute atomic E-state index is 0.283. The Morgan fingerprint density at radius 2 is 2.07 bits per heavy atom. The van der Waals surface area contributed by atoms with Gasteiger partial charge in [-0.2, -0.15) is 0 Å². The quantitative estimate of drug-likeness (QED) is 0.740. The lowest BCUT2D eigenvalue weighted by Crippen LogP contribution is -2.15. The summed E-state index contributed by atoms with van der Waals surface area (Å²) in [6.45, 7) is 0. The van der Waals surface area contributed by atoms with Crippen LogP contribution in [0.3, 0.4) is 0 Å². The third-order valence-corrected chi connectivity index (χ3v) is 5.19. The second kappa shape index (κ2) is 5.97. The Kier molecular flexibility index (Phi) is 3.56. The van der Waals surface area contributed by atoms with Crippen LogP contribution >= 0.6 is 0 Å². The summed E-state index contributed by atoms with van der Waals surface area (Å²) < 4.78 is 13.1. The number of amides is 1. The lowest BCUT2D eigenvalue weighted by molar-refractivity contribution is -0.117. The molecule has 3 N–H and O–H groups in total. The second-order valence-corrected chi connectivity index (χ2v) is 7.27. The van der Waals surface area contributed by atoms with Crippen LogP contribution in [0.25, 0.3) is 22.0 Å². The van der Waals surface area contributed by atoms with Crippen LogP contribution in [0.5, 0.6) is 0 Å². The minimum atomic E-state index is -1.04. The Bertz CT molecular complexity index is 1070. The lowest BCUT2D eigenvalue weighted by atomic mass is 10.0. The highest BCUT2D eigenvalue weighted by molar-refractivity contribution is 5.98. The van der Waals surface area contributed by atoms with Crippen molar-refractivity contribution in [3.8, 4) is 11.3 Å². The molecule has 0 aromatic carbocycles. The molecule has 0 unspecified atom stereocenters. The van der Waals surface area contributed by atoms with E-state index in [1.54, 1.807) is 18.5 Å². The van der Waals surface area contributed by atoms with E-state index in [0.29, 0.717) is 22.9 Å². The molecule has 136 valence electrons. The fraction of sp³-hybridized carbons (Fsp3) is 0.300. The number of hydrogen-bond donors (Lipinski definition) is 2. The fourth-order valence-electron chi connectivity index (χ4n) is 3.40. The Balaban J connectivity index is 1.54. The smallest absolute Gasteiger partial charge is 0.231 e. The molecule has 5 rings (SSSR count). The van der Waals surface area contributed by atoms with E-state index in [4.69, 9.17) is 5.73 Å². The van der Waals surface area contributed by atoms with Crippen LogP contribution in [0.2, 0.25) is 0 Å². The van der Waals surface area contributed by atoms with Gasteiger partial charge < -0.3 is 11.1 Å². The number of halogens is 1. The number of anilines is 2. The van der Waals surface area contributed by atoms with Crippen molar-refractivity contribution in [2.75, 3.05) is 11.1 Å². The van der Waals surface area contributed by atoms with Crippen molar-refractivity contribution < 1.29 is 9.18 Å². The summed E-state index contributed by atoms with van der Waals surface area (Å²) in [4.78, 5) is 25.0. The van der Waals surface area contributed by atoms with Gasteiger partial charge in [-0.1, -0.05) is 0 Å². The topological polar surface area (TPSA) is 93.8 Å². The van der Waals surface area contributed by atoms with Gasteiger partial charge in [-0.05, 0) is 54.3 Å². The van der Waals surface area contributed by atoms with Gasteiger partial charge in [0.2, 0.25) is 5.91 Å². The van der Waals surface area contributed by atoms with Gasteiger partial charge in [0, 0.05) is 29.5 Å². The van der Waals surface area contributed by atoms with Gasteiger partial charge in [0.25, 0.3) is 0 Å².